The third-order valence-corrected chi connectivity index (χ3v) is 6.86. The molecule has 7 nitrogen and oxygen atoms in total. The van der Waals surface area contributed by atoms with Crippen molar-refractivity contribution >= 4 is 29.0 Å². The third-order valence-electron chi connectivity index (χ3n) is 6.86. The lowest BCUT2D eigenvalue weighted by atomic mass is 9.81. The van der Waals surface area contributed by atoms with Crippen molar-refractivity contribution in [2.24, 2.45) is 0 Å². The lowest BCUT2D eigenvalue weighted by Crippen LogP contribution is -2.53. The van der Waals surface area contributed by atoms with Crippen molar-refractivity contribution in [2.75, 3.05) is 24.6 Å². The smallest absolute Gasteiger partial charge is 0.296 e. The average Bonchev–Trinajstić information content (AvgIpc) is 3.49. The highest BCUT2D eigenvalue weighted by Crippen LogP contribution is 2.53. The fourth-order valence-corrected chi connectivity index (χ4v) is 5.28. The first kappa shape index (κ1) is 22.1. The Hall–Kier alpha value is -3.71. The fraction of sp³-hybridized carbons (Fsp3) is 0.296. The molecule has 1 N–H and O–H groups in total. The molecule has 2 unspecified atom stereocenters. The summed E-state index contributed by atoms with van der Waals surface area (Å²) in [5, 5.41) is 11.4. The van der Waals surface area contributed by atoms with Crippen molar-refractivity contribution < 1.29 is 24.2 Å². The number of Topliss-reactive ketones (excluding diaryl/α,β-unsaturated/α-hetero) is 1. The molecule has 2 amide bonds. The summed E-state index contributed by atoms with van der Waals surface area (Å²) in [7, 11) is 0. The number of aliphatic hydroxyl groups excluding tert-OH is 1. The quantitative estimate of drug-likeness (QED) is 0.322. The number of aliphatic hydroxyl groups is 1. The van der Waals surface area contributed by atoms with Gasteiger partial charge in [-0.15, -0.1) is 6.58 Å². The van der Waals surface area contributed by atoms with E-state index in [0.29, 0.717) is 23.4 Å². The number of carbonyl (C=O) groups is 3. The zero-order valence-corrected chi connectivity index (χ0v) is 19.0. The first-order valence-corrected chi connectivity index (χ1v) is 11.4. The summed E-state index contributed by atoms with van der Waals surface area (Å²) in [6.07, 6.45) is 2.88. The Morgan fingerprint density at radius 2 is 1.91 bits per heavy atom. The Kier molecular flexibility index (Phi) is 5.37. The molecular weight excluding hydrogens is 432 g/mol. The molecule has 174 valence electrons. The predicted molar refractivity (Wildman–Crippen MR) is 127 cm³/mol. The second-order valence-electron chi connectivity index (χ2n) is 8.90. The van der Waals surface area contributed by atoms with Crippen molar-refractivity contribution in [3.05, 3.63) is 83.4 Å². The van der Waals surface area contributed by atoms with Crippen molar-refractivity contribution in [1.82, 2.24) is 4.90 Å². The number of hydrogen-bond donors (Lipinski definition) is 1. The van der Waals surface area contributed by atoms with Gasteiger partial charge in [-0.25, -0.2) is 0 Å². The van der Waals surface area contributed by atoms with Crippen LogP contribution in [0.15, 0.2) is 66.8 Å². The lowest BCUT2D eigenvalue weighted by Gasteiger charge is -2.35. The third kappa shape index (κ3) is 3.04. The molecule has 0 aliphatic carbocycles. The zero-order chi connectivity index (χ0) is 24.0. The number of hydrogen-bond acceptors (Lipinski definition) is 5. The fourth-order valence-electron chi connectivity index (χ4n) is 5.28. The predicted octanol–water partition coefficient (Wildman–Crippen LogP) is 3.28. The van der Waals surface area contributed by atoms with Crippen LogP contribution < -0.4 is 4.90 Å². The minimum Gasteiger partial charge on any atom is -0.507 e. The second-order valence-corrected chi connectivity index (χ2v) is 8.90. The number of anilines is 1. The maximum absolute atomic E-state index is 14.2. The number of para-hydroxylation sites is 1. The summed E-state index contributed by atoms with van der Waals surface area (Å²) in [5.41, 5.74) is 0.448. The monoisotopic (exact) mass is 458 g/mol. The van der Waals surface area contributed by atoms with Gasteiger partial charge in [0, 0.05) is 30.8 Å². The van der Waals surface area contributed by atoms with E-state index >= 15 is 0 Å². The van der Waals surface area contributed by atoms with Gasteiger partial charge in [0.2, 0.25) is 0 Å². The number of nitrogens with zero attached hydrogens (tertiary/aromatic N) is 2. The number of carbonyl (C=O) groups excluding carboxylic acids is 3. The first-order chi connectivity index (χ1) is 16.4. The molecule has 2 fully saturated rings. The molecule has 5 rings (SSSR count). The zero-order valence-electron chi connectivity index (χ0n) is 19.0. The summed E-state index contributed by atoms with van der Waals surface area (Å²) in [6.45, 7) is 6.52. The van der Waals surface area contributed by atoms with Crippen LogP contribution >= 0.6 is 0 Å². The number of amides is 2. The highest BCUT2D eigenvalue weighted by molar-refractivity contribution is 6.50. The lowest BCUT2D eigenvalue weighted by molar-refractivity contribution is -0.145. The van der Waals surface area contributed by atoms with Crippen molar-refractivity contribution in [3.8, 4) is 0 Å². The number of ether oxygens (including phenoxy) is 1. The minimum absolute atomic E-state index is 0.0806. The maximum Gasteiger partial charge on any atom is 0.296 e. The summed E-state index contributed by atoms with van der Waals surface area (Å²) in [6, 6.07) is 14.1. The SMILES string of the molecule is C=CCN1C(=O)C2(C(=C(O)c3ccc(C)cc3)C(=O)C(=O)N2CC2CCCO2)c2ccccc21. The second kappa shape index (κ2) is 8.25. The van der Waals surface area contributed by atoms with E-state index in [4.69, 9.17) is 4.74 Å². The van der Waals surface area contributed by atoms with E-state index in [1.54, 1.807) is 54.6 Å². The van der Waals surface area contributed by atoms with Gasteiger partial charge in [-0.05, 0) is 25.8 Å². The van der Waals surface area contributed by atoms with Gasteiger partial charge in [-0.3, -0.25) is 14.4 Å². The number of fused-ring (bicyclic) bond motifs is 2. The molecule has 2 aromatic rings. The summed E-state index contributed by atoms with van der Waals surface area (Å²) in [4.78, 5) is 44.0. The number of ketones is 1. The van der Waals surface area contributed by atoms with Crippen LogP contribution in [0.5, 0.6) is 0 Å². The molecule has 0 bridgehead atoms. The van der Waals surface area contributed by atoms with Crippen molar-refractivity contribution in [1.29, 1.82) is 0 Å². The number of rotatable bonds is 5. The van der Waals surface area contributed by atoms with E-state index in [1.807, 2.05) is 6.92 Å². The number of benzene rings is 2. The molecule has 7 heteroatoms. The molecule has 0 saturated carbocycles. The van der Waals surface area contributed by atoms with E-state index < -0.39 is 23.1 Å². The molecule has 2 saturated heterocycles. The summed E-state index contributed by atoms with van der Waals surface area (Å²) in [5.74, 6) is -2.51. The van der Waals surface area contributed by atoms with Gasteiger partial charge in [0.1, 0.15) is 5.76 Å². The molecule has 34 heavy (non-hydrogen) atoms. The largest absolute Gasteiger partial charge is 0.507 e. The van der Waals surface area contributed by atoms with E-state index in [-0.39, 0.29) is 30.5 Å². The van der Waals surface area contributed by atoms with Gasteiger partial charge in [0.15, 0.2) is 5.54 Å². The molecular formula is C27H26N2O5. The van der Waals surface area contributed by atoms with Crippen LogP contribution in [0.1, 0.15) is 29.5 Å². The van der Waals surface area contributed by atoms with Crippen LogP contribution in [0.2, 0.25) is 0 Å². The highest BCUT2D eigenvalue weighted by atomic mass is 16.5. The van der Waals surface area contributed by atoms with E-state index in [2.05, 4.69) is 6.58 Å². The van der Waals surface area contributed by atoms with E-state index in [1.165, 1.54) is 9.80 Å². The van der Waals surface area contributed by atoms with Crippen molar-refractivity contribution in [3.63, 3.8) is 0 Å². The van der Waals surface area contributed by atoms with Gasteiger partial charge in [-0.2, -0.15) is 0 Å². The average molecular weight is 459 g/mol. The topological polar surface area (TPSA) is 87.2 Å². The van der Waals surface area contributed by atoms with Gasteiger partial charge < -0.3 is 19.6 Å². The number of likely N-dealkylation sites (tertiary alicyclic amines) is 1. The van der Waals surface area contributed by atoms with Crippen LogP contribution in [-0.2, 0) is 24.7 Å². The van der Waals surface area contributed by atoms with Gasteiger partial charge >= 0.3 is 0 Å². The van der Waals surface area contributed by atoms with Gasteiger partial charge in [0.05, 0.1) is 17.4 Å². The van der Waals surface area contributed by atoms with Crippen LogP contribution in [0.25, 0.3) is 5.76 Å². The Balaban J connectivity index is 1.79. The van der Waals surface area contributed by atoms with Crippen LogP contribution in [0.4, 0.5) is 5.69 Å². The maximum atomic E-state index is 14.2. The summed E-state index contributed by atoms with van der Waals surface area (Å²) >= 11 is 0. The van der Waals surface area contributed by atoms with Crippen LogP contribution in [-0.4, -0.2) is 53.4 Å². The molecule has 3 aliphatic heterocycles. The van der Waals surface area contributed by atoms with Crippen LogP contribution in [0, 0.1) is 6.92 Å². The normalized spacial score (nSPS) is 25.4. The Bertz CT molecular complexity index is 1230. The number of aryl methyl sites for hydroxylation is 1. The van der Waals surface area contributed by atoms with Gasteiger partial charge in [0.25, 0.3) is 17.6 Å². The van der Waals surface area contributed by atoms with Crippen molar-refractivity contribution in [2.45, 2.75) is 31.4 Å². The molecule has 2 atom stereocenters. The molecule has 0 radical (unpaired) electrons. The van der Waals surface area contributed by atoms with Crippen LogP contribution in [0.3, 0.4) is 0 Å². The molecule has 3 heterocycles. The molecule has 1 spiro atoms. The summed E-state index contributed by atoms with van der Waals surface area (Å²) < 4.78 is 5.77. The molecule has 0 aromatic heterocycles. The Morgan fingerprint density at radius 3 is 2.59 bits per heavy atom. The molecule has 3 aliphatic rings. The van der Waals surface area contributed by atoms with Gasteiger partial charge in [-0.1, -0.05) is 54.1 Å². The van der Waals surface area contributed by atoms with E-state index in [9.17, 15) is 19.5 Å². The Morgan fingerprint density at radius 1 is 1.18 bits per heavy atom. The first-order valence-electron chi connectivity index (χ1n) is 11.4. The standard InChI is InChI=1S/C27H26N2O5/c1-3-14-28-21-9-5-4-8-20(21)27(26(28)33)22(23(30)18-12-10-17(2)11-13-18)24(31)25(32)29(27)16-19-7-6-15-34-19/h3-5,8-13,19,30H,1,6-7,14-16H2,2H3. The van der Waals surface area contributed by atoms with E-state index in [0.717, 1.165) is 18.4 Å². The molecule has 2 aromatic carbocycles. The minimum atomic E-state index is -1.77. The highest BCUT2D eigenvalue weighted by Gasteiger charge is 2.67. The Labute approximate surface area is 197 Å².